The maximum atomic E-state index is 13.2. The summed E-state index contributed by atoms with van der Waals surface area (Å²) < 4.78 is 11.0. The van der Waals surface area contributed by atoms with Crippen LogP contribution in [-0.4, -0.2) is 54.9 Å². The Bertz CT molecular complexity index is 1110. The maximum absolute atomic E-state index is 13.2. The van der Waals surface area contributed by atoms with Crippen molar-refractivity contribution in [2.45, 2.75) is 6.92 Å². The van der Waals surface area contributed by atoms with Crippen molar-refractivity contribution in [1.82, 2.24) is 9.80 Å². The molecule has 1 aliphatic heterocycles. The van der Waals surface area contributed by atoms with Crippen LogP contribution in [0, 0.1) is 6.92 Å². The van der Waals surface area contributed by atoms with Crippen LogP contribution in [0.5, 0.6) is 5.75 Å². The first-order valence-electron chi connectivity index (χ1n) is 9.49. The van der Waals surface area contributed by atoms with Crippen LogP contribution < -0.4 is 4.74 Å². The first-order valence-corrected chi connectivity index (χ1v) is 10.2. The van der Waals surface area contributed by atoms with Crippen molar-refractivity contribution in [3.8, 4) is 5.75 Å². The van der Waals surface area contributed by atoms with E-state index in [1.165, 1.54) is 0 Å². The number of carbonyl (C=O) groups is 2. The molecule has 6 nitrogen and oxygen atoms in total. The Morgan fingerprint density at radius 3 is 2.13 bits per heavy atom. The summed E-state index contributed by atoms with van der Waals surface area (Å²) in [4.78, 5) is 29.4. The Morgan fingerprint density at radius 2 is 1.53 bits per heavy atom. The van der Waals surface area contributed by atoms with E-state index in [0.29, 0.717) is 64.4 Å². The van der Waals surface area contributed by atoms with Gasteiger partial charge in [-0.2, -0.15) is 0 Å². The second kappa shape index (κ2) is 8.20. The van der Waals surface area contributed by atoms with Crippen molar-refractivity contribution in [1.29, 1.82) is 0 Å². The SMILES string of the molecule is COc1ccc2oc(C)c(C(=O)N3CCN(C(=O)c4cc(Cl)cc(Cl)c4)CC3)c2c1. The van der Waals surface area contributed by atoms with Gasteiger partial charge < -0.3 is 19.0 Å². The van der Waals surface area contributed by atoms with E-state index < -0.39 is 0 Å². The van der Waals surface area contributed by atoms with Crippen LogP contribution in [0.1, 0.15) is 26.5 Å². The first kappa shape index (κ1) is 20.6. The van der Waals surface area contributed by atoms with Gasteiger partial charge in [0.25, 0.3) is 11.8 Å². The molecule has 4 rings (SSSR count). The minimum atomic E-state index is -0.152. The predicted octanol–water partition coefficient (Wildman–Crippen LogP) is 4.65. The van der Waals surface area contributed by atoms with Crippen LogP contribution in [0.3, 0.4) is 0 Å². The molecule has 8 heteroatoms. The number of halogens is 2. The Kier molecular flexibility index (Phi) is 5.62. The van der Waals surface area contributed by atoms with Crippen molar-refractivity contribution in [2.24, 2.45) is 0 Å². The van der Waals surface area contributed by atoms with Gasteiger partial charge in [-0.25, -0.2) is 0 Å². The Morgan fingerprint density at radius 1 is 0.933 bits per heavy atom. The zero-order valence-electron chi connectivity index (χ0n) is 16.6. The number of hydrogen-bond acceptors (Lipinski definition) is 4. The van der Waals surface area contributed by atoms with E-state index >= 15 is 0 Å². The minimum absolute atomic E-state index is 0.114. The van der Waals surface area contributed by atoms with Crippen molar-refractivity contribution in [3.63, 3.8) is 0 Å². The maximum Gasteiger partial charge on any atom is 0.258 e. The number of methoxy groups -OCH3 is 1. The van der Waals surface area contributed by atoms with Crippen LogP contribution >= 0.6 is 23.2 Å². The van der Waals surface area contributed by atoms with Gasteiger partial charge in [0.05, 0.1) is 12.7 Å². The molecule has 0 saturated carbocycles. The smallest absolute Gasteiger partial charge is 0.258 e. The van der Waals surface area contributed by atoms with Crippen LogP contribution in [0.4, 0.5) is 0 Å². The molecule has 30 heavy (non-hydrogen) atoms. The molecule has 0 spiro atoms. The molecule has 1 fully saturated rings. The number of benzene rings is 2. The molecule has 0 bridgehead atoms. The lowest BCUT2D eigenvalue weighted by Gasteiger charge is -2.34. The van der Waals surface area contributed by atoms with Gasteiger partial charge in [-0.05, 0) is 43.3 Å². The zero-order chi connectivity index (χ0) is 21.4. The Balaban J connectivity index is 1.50. The van der Waals surface area contributed by atoms with Crippen molar-refractivity contribution < 1.29 is 18.7 Å². The summed E-state index contributed by atoms with van der Waals surface area (Å²) in [5.41, 5.74) is 1.62. The fourth-order valence-corrected chi connectivity index (χ4v) is 4.25. The van der Waals surface area contributed by atoms with Crippen LogP contribution in [0.25, 0.3) is 11.0 Å². The van der Waals surface area contributed by atoms with Gasteiger partial charge in [0.1, 0.15) is 17.1 Å². The van der Waals surface area contributed by atoms with Gasteiger partial charge in [0.15, 0.2) is 0 Å². The normalized spacial score (nSPS) is 14.3. The van der Waals surface area contributed by atoms with Gasteiger partial charge in [-0.1, -0.05) is 23.2 Å². The molecule has 2 heterocycles. The average molecular weight is 447 g/mol. The molecule has 1 aromatic heterocycles. The van der Waals surface area contributed by atoms with Crippen molar-refractivity contribution in [2.75, 3.05) is 33.3 Å². The van der Waals surface area contributed by atoms with E-state index in [2.05, 4.69) is 0 Å². The topological polar surface area (TPSA) is 63.0 Å². The van der Waals surface area contributed by atoms with E-state index in [4.69, 9.17) is 32.4 Å². The van der Waals surface area contributed by atoms with Gasteiger partial charge in [-0.15, -0.1) is 0 Å². The van der Waals surface area contributed by atoms with Crippen LogP contribution in [-0.2, 0) is 0 Å². The van der Waals surface area contributed by atoms with E-state index in [1.807, 2.05) is 6.07 Å². The molecule has 2 amide bonds. The standard InChI is InChI=1S/C22H20Cl2N2O4/c1-13-20(18-12-17(29-2)3-4-19(18)30-13)22(28)26-7-5-25(6-8-26)21(27)14-9-15(23)11-16(24)10-14/h3-4,9-12H,5-8H2,1-2H3. The molecule has 2 aromatic carbocycles. The number of nitrogens with zero attached hydrogens (tertiary/aromatic N) is 2. The van der Waals surface area contributed by atoms with Crippen LogP contribution in [0.2, 0.25) is 10.0 Å². The highest BCUT2D eigenvalue weighted by molar-refractivity contribution is 6.35. The lowest BCUT2D eigenvalue weighted by atomic mass is 10.1. The molecule has 0 aliphatic carbocycles. The molecule has 0 unspecified atom stereocenters. The molecule has 0 radical (unpaired) electrons. The molecule has 156 valence electrons. The van der Waals surface area contributed by atoms with Gasteiger partial charge in [0, 0.05) is 47.2 Å². The summed E-state index contributed by atoms with van der Waals surface area (Å²) in [5.74, 6) is 0.960. The highest BCUT2D eigenvalue weighted by Gasteiger charge is 2.29. The summed E-state index contributed by atoms with van der Waals surface area (Å²) in [6.45, 7) is 3.48. The first-order chi connectivity index (χ1) is 14.4. The number of carbonyl (C=O) groups excluding carboxylic acids is 2. The van der Waals surface area contributed by atoms with Crippen molar-refractivity contribution in [3.05, 3.63) is 63.3 Å². The van der Waals surface area contributed by atoms with E-state index in [-0.39, 0.29) is 11.8 Å². The van der Waals surface area contributed by atoms with Crippen LogP contribution in [0.15, 0.2) is 40.8 Å². The number of piperazine rings is 1. The Labute approximate surface area is 183 Å². The van der Waals surface area contributed by atoms with E-state index in [0.717, 1.165) is 5.39 Å². The van der Waals surface area contributed by atoms with Gasteiger partial charge >= 0.3 is 0 Å². The molecular formula is C22H20Cl2N2O4. The summed E-state index contributed by atoms with van der Waals surface area (Å²) >= 11 is 12.0. The van der Waals surface area contributed by atoms with Crippen molar-refractivity contribution >= 4 is 46.0 Å². The number of aryl methyl sites for hydroxylation is 1. The largest absolute Gasteiger partial charge is 0.497 e. The number of ether oxygens (including phenoxy) is 1. The highest BCUT2D eigenvalue weighted by atomic mass is 35.5. The second-order valence-corrected chi connectivity index (χ2v) is 8.01. The monoisotopic (exact) mass is 446 g/mol. The average Bonchev–Trinajstić information content (AvgIpc) is 3.06. The summed E-state index contributed by atoms with van der Waals surface area (Å²) in [7, 11) is 1.58. The summed E-state index contributed by atoms with van der Waals surface area (Å²) in [6.07, 6.45) is 0. The number of hydrogen-bond donors (Lipinski definition) is 0. The Hall–Kier alpha value is -2.70. The molecule has 1 saturated heterocycles. The molecule has 0 atom stereocenters. The number of amides is 2. The lowest BCUT2D eigenvalue weighted by molar-refractivity contribution is 0.0535. The van der Waals surface area contributed by atoms with E-state index in [1.54, 1.807) is 54.2 Å². The lowest BCUT2D eigenvalue weighted by Crippen LogP contribution is -2.50. The summed E-state index contributed by atoms with van der Waals surface area (Å²) in [5, 5.41) is 1.55. The van der Waals surface area contributed by atoms with Gasteiger partial charge in [-0.3, -0.25) is 9.59 Å². The third-order valence-electron chi connectivity index (χ3n) is 5.25. The quantitative estimate of drug-likeness (QED) is 0.586. The zero-order valence-corrected chi connectivity index (χ0v) is 18.1. The van der Waals surface area contributed by atoms with E-state index in [9.17, 15) is 9.59 Å². The summed E-state index contributed by atoms with van der Waals surface area (Å²) in [6, 6.07) is 10.2. The fourth-order valence-electron chi connectivity index (χ4n) is 3.72. The fraction of sp³-hybridized carbons (Fsp3) is 0.273. The van der Waals surface area contributed by atoms with Gasteiger partial charge in [0.2, 0.25) is 0 Å². The third-order valence-corrected chi connectivity index (χ3v) is 5.69. The third kappa shape index (κ3) is 3.85. The molecule has 0 N–H and O–H groups in total. The highest BCUT2D eigenvalue weighted by Crippen LogP contribution is 2.30. The predicted molar refractivity (Wildman–Crippen MR) is 116 cm³/mol. The number of furan rings is 1. The number of rotatable bonds is 3. The molecule has 1 aliphatic rings. The second-order valence-electron chi connectivity index (χ2n) is 7.14. The molecular weight excluding hydrogens is 427 g/mol. The molecule has 3 aromatic rings. The number of fused-ring (bicyclic) bond motifs is 1. The minimum Gasteiger partial charge on any atom is -0.497 e.